The van der Waals surface area contributed by atoms with E-state index in [-0.39, 0.29) is 24.7 Å². The van der Waals surface area contributed by atoms with Gasteiger partial charge in [-0.25, -0.2) is 4.79 Å². The number of nitrogens with zero attached hydrogens (tertiary/aromatic N) is 1. The molecule has 0 bridgehead atoms. The number of hydrogen-bond donors (Lipinski definition) is 5. The van der Waals surface area contributed by atoms with Crippen molar-refractivity contribution in [2.45, 2.75) is 61.7 Å². The molecule has 3 saturated heterocycles. The van der Waals surface area contributed by atoms with Gasteiger partial charge in [-0.05, 0) is 12.8 Å². The lowest BCUT2D eigenvalue weighted by Gasteiger charge is -2.42. The fraction of sp³-hybridized carbons (Fsp3) is 0.929. The van der Waals surface area contributed by atoms with Crippen LogP contribution in [0.15, 0.2) is 0 Å². The molecule has 0 aromatic carbocycles. The SMILES string of the molecule is NC[C@H]1O[C@H](O[C@H]2C[C@@H]3COC(=O)N3CC[C@@H]2N)[C@H](N)[C@@H](O)[C@@H]1O. The zero-order valence-electron chi connectivity index (χ0n) is 13.4. The Morgan fingerprint density at radius 3 is 2.75 bits per heavy atom. The van der Waals surface area contributed by atoms with Gasteiger partial charge in [0.25, 0.3) is 0 Å². The first kappa shape index (κ1) is 17.8. The van der Waals surface area contributed by atoms with E-state index in [1.165, 1.54) is 0 Å². The maximum atomic E-state index is 11.7. The molecule has 8 N–H and O–H groups in total. The highest BCUT2D eigenvalue weighted by Gasteiger charge is 2.45. The summed E-state index contributed by atoms with van der Waals surface area (Å²) in [4.78, 5) is 13.3. The number of aliphatic hydroxyl groups is 2. The van der Waals surface area contributed by atoms with E-state index in [0.29, 0.717) is 26.0 Å². The first-order chi connectivity index (χ1) is 11.4. The Balaban J connectivity index is 1.68. The fourth-order valence-corrected chi connectivity index (χ4v) is 3.47. The number of nitrogens with two attached hydrogens (primary N) is 3. The number of hydrogen-bond acceptors (Lipinski definition) is 9. The number of ether oxygens (including phenoxy) is 3. The van der Waals surface area contributed by atoms with Crippen molar-refractivity contribution in [2.75, 3.05) is 19.7 Å². The Morgan fingerprint density at radius 2 is 2.04 bits per heavy atom. The molecule has 0 saturated carbocycles. The third-order valence-corrected chi connectivity index (χ3v) is 5.05. The van der Waals surface area contributed by atoms with Crippen LogP contribution in [0.2, 0.25) is 0 Å². The van der Waals surface area contributed by atoms with E-state index in [1.54, 1.807) is 4.90 Å². The molecule has 3 heterocycles. The van der Waals surface area contributed by atoms with Gasteiger partial charge in [-0.15, -0.1) is 0 Å². The summed E-state index contributed by atoms with van der Waals surface area (Å²) in [5.74, 6) is 0. The number of carbonyl (C=O) groups excluding carboxylic acids is 1. The van der Waals surface area contributed by atoms with Crippen LogP contribution in [0, 0.1) is 0 Å². The van der Waals surface area contributed by atoms with Crippen LogP contribution in [-0.4, -0.2) is 89.7 Å². The number of cyclic esters (lactones) is 1. The quantitative estimate of drug-likeness (QED) is 0.359. The van der Waals surface area contributed by atoms with Gasteiger partial charge in [-0.3, -0.25) is 0 Å². The summed E-state index contributed by atoms with van der Waals surface area (Å²) < 4.78 is 16.6. The molecule has 0 unspecified atom stereocenters. The molecule has 0 radical (unpaired) electrons. The molecule has 138 valence electrons. The highest BCUT2D eigenvalue weighted by Crippen LogP contribution is 2.28. The van der Waals surface area contributed by atoms with E-state index in [2.05, 4.69) is 0 Å². The number of carbonyl (C=O) groups is 1. The average molecular weight is 346 g/mol. The minimum absolute atomic E-state index is 0.0280. The highest BCUT2D eigenvalue weighted by atomic mass is 16.7. The van der Waals surface area contributed by atoms with E-state index < -0.39 is 36.7 Å². The van der Waals surface area contributed by atoms with Crippen molar-refractivity contribution in [3.05, 3.63) is 0 Å². The van der Waals surface area contributed by atoms with Crippen LogP contribution in [0.4, 0.5) is 4.79 Å². The van der Waals surface area contributed by atoms with E-state index in [4.69, 9.17) is 31.4 Å². The number of fused-ring (bicyclic) bond motifs is 1. The lowest BCUT2D eigenvalue weighted by molar-refractivity contribution is -0.272. The van der Waals surface area contributed by atoms with Crippen molar-refractivity contribution in [3.63, 3.8) is 0 Å². The Labute approximate surface area is 139 Å². The second kappa shape index (κ2) is 7.08. The number of aliphatic hydroxyl groups excluding tert-OH is 2. The van der Waals surface area contributed by atoms with Crippen molar-refractivity contribution in [3.8, 4) is 0 Å². The van der Waals surface area contributed by atoms with Gasteiger partial charge in [0.15, 0.2) is 6.29 Å². The summed E-state index contributed by atoms with van der Waals surface area (Å²) in [6, 6.07) is -1.33. The minimum Gasteiger partial charge on any atom is -0.447 e. The van der Waals surface area contributed by atoms with Gasteiger partial charge in [0, 0.05) is 19.1 Å². The normalized spacial score (nSPS) is 46.4. The molecule has 3 aliphatic heterocycles. The van der Waals surface area contributed by atoms with Crippen molar-refractivity contribution in [2.24, 2.45) is 17.2 Å². The molecule has 3 fully saturated rings. The van der Waals surface area contributed by atoms with Crippen molar-refractivity contribution in [1.29, 1.82) is 0 Å². The molecule has 3 aliphatic rings. The predicted molar refractivity (Wildman–Crippen MR) is 81.6 cm³/mol. The van der Waals surface area contributed by atoms with E-state index >= 15 is 0 Å². The van der Waals surface area contributed by atoms with Gasteiger partial charge in [-0.1, -0.05) is 0 Å². The van der Waals surface area contributed by atoms with Crippen LogP contribution in [0.3, 0.4) is 0 Å². The lowest BCUT2D eigenvalue weighted by atomic mass is 9.97. The Hall–Kier alpha value is -1.01. The van der Waals surface area contributed by atoms with E-state index in [0.717, 1.165) is 0 Å². The van der Waals surface area contributed by atoms with Gasteiger partial charge in [-0.2, -0.15) is 0 Å². The average Bonchev–Trinajstić information content (AvgIpc) is 2.83. The third kappa shape index (κ3) is 3.23. The molecule has 24 heavy (non-hydrogen) atoms. The van der Waals surface area contributed by atoms with Gasteiger partial charge >= 0.3 is 6.09 Å². The summed E-state index contributed by atoms with van der Waals surface area (Å²) in [5.41, 5.74) is 17.7. The molecule has 0 aromatic heterocycles. The lowest BCUT2D eigenvalue weighted by Crippen LogP contribution is -2.64. The maximum absolute atomic E-state index is 11.7. The van der Waals surface area contributed by atoms with E-state index in [1.807, 2.05) is 0 Å². The van der Waals surface area contributed by atoms with Gasteiger partial charge < -0.3 is 46.5 Å². The first-order valence-corrected chi connectivity index (χ1v) is 8.24. The third-order valence-electron chi connectivity index (χ3n) is 5.05. The van der Waals surface area contributed by atoms with Gasteiger partial charge in [0.1, 0.15) is 24.9 Å². The molecule has 10 heteroatoms. The van der Waals surface area contributed by atoms with Gasteiger partial charge in [0.05, 0.1) is 18.2 Å². The predicted octanol–water partition coefficient (Wildman–Crippen LogP) is -2.95. The zero-order chi connectivity index (χ0) is 17.4. The molecule has 0 aromatic rings. The zero-order valence-corrected chi connectivity index (χ0v) is 13.4. The van der Waals surface area contributed by atoms with Crippen LogP contribution in [0.25, 0.3) is 0 Å². The van der Waals surface area contributed by atoms with Crippen LogP contribution in [0.5, 0.6) is 0 Å². The summed E-state index contributed by atoms with van der Waals surface area (Å²) >= 11 is 0. The number of rotatable bonds is 3. The largest absolute Gasteiger partial charge is 0.447 e. The molecule has 10 nitrogen and oxygen atoms in total. The Morgan fingerprint density at radius 1 is 1.29 bits per heavy atom. The van der Waals surface area contributed by atoms with Crippen LogP contribution in [-0.2, 0) is 14.2 Å². The van der Waals surface area contributed by atoms with Crippen molar-refractivity contribution < 1.29 is 29.2 Å². The number of amides is 1. The Kier molecular flexibility index (Phi) is 5.25. The maximum Gasteiger partial charge on any atom is 0.410 e. The highest BCUT2D eigenvalue weighted by molar-refractivity contribution is 5.70. The molecule has 8 atom stereocenters. The van der Waals surface area contributed by atoms with Crippen LogP contribution < -0.4 is 17.2 Å². The van der Waals surface area contributed by atoms with Gasteiger partial charge in [0.2, 0.25) is 0 Å². The Bertz CT molecular complexity index is 467. The minimum atomic E-state index is -1.20. The van der Waals surface area contributed by atoms with Crippen LogP contribution >= 0.6 is 0 Å². The van der Waals surface area contributed by atoms with Crippen LogP contribution in [0.1, 0.15) is 12.8 Å². The first-order valence-electron chi connectivity index (χ1n) is 8.24. The second-order valence-corrected chi connectivity index (χ2v) is 6.62. The fourth-order valence-electron chi connectivity index (χ4n) is 3.47. The summed E-state index contributed by atoms with van der Waals surface area (Å²) in [6.07, 6.45) is -3.75. The topological polar surface area (TPSA) is 167 Å². The summed E-state index contributed by atoms with van der Waals surface area (Å²) in [7, 11) is 0. The monoisotopic (exact) mass is 346 g/mol. The molecule has 3 rings (SSSR count). The molecule has 0 aliphatic carbocycles. The molecular weight excluding hydrogens is 320 g/mol. The van der Waals surface area contributed by atoms with Crippen molar-refractivity contribution in [1.82, 2.24) is 4.90 Å². The van der Waals surface area contributed by atoms with Crippen molar-refractivity contribution >= 4 is 6.09 Å². The molecule has 0 spiro atoms. The van der Waals surface area contributed by atoms with E-state index in [9.17, 15) is 15.0 Å². The molecular formula is C14H26N4O6. The standard InChI is InChI=1S/C14H26N4O6/c15-4-9-11(19)12(20)10(17)13(24-9)23-8-3-6-5-22-14(21)18(6)2-1-7(8)16/h6-13,19-20H,1-5,15-17H2/t6-,7+,8+,9-,10-,11-,12-,13+/m1/s1. The molecule has 1 amide bonds. The summed E-state index contributed by atoms with van der Waals surface area (Å²) in [6.45, 7) is 0.838. The second-order valence-electron chi connectivity index (χ2n) is 6.62. The summed E-state index contributed by atoms with van der Waals surface area (Å²) in [5, 5.41) is 20.0. The smallest absolute Gasteiger partial charge is 0.410 e.